The summed E-state index contributed by atoms with van der Waals surface area (Å²) in [4.78, 5) is 12.0. The van der Waals surface area contributed by atoms with Crippen molar-refractivity contribution in [2.75, 3.05) is 25.1 Å². The fourth-order valence-corrected chi connectivity index (χ4v) is 2.10. The minimum absolute atomic E-state index is 0.0274. The predicted molar refractivity (Wildman–Crippen MR) is 77.2 cm³/mol. The number of carbonyl (C=O) groups excluding carboxylic acids is 1. The second kappa shape index (κ2) is 7.38. The summed E-state index contributed by atoms with van der Waals surface area (Å²) in [7, 11) is 0. The first-order valence-corrected chi connectivity index (χ1v) is 7.05. The maximum absolute atomic E-state index is 12.0. The Kier molecular flexibility index (Phi) is 5.52. The molecule has 2 rings (SSSR count). The summed E-state index contributed by atoms with van der Waals surface area (Å²) in [6.45, 7) is 3.79. The average Bonchev–Trinajstić information content (AvgIpc) is 2.99. The van der Waals surface area contributed by atoms with Crippen molar-refractivity contribution in [3.8, 4) is 0 Å². The van der Waals surface area contributed by atoms with Gasteiger partial charge in [0.05, 0.1) is 13.2 Å². The number of benzene rings is 1. The van der Waals surface area contributed by atoms with Crippen LogP contribution in [0.25, 0.3) is 0 Å². The van der Waals surface area contributed by atoms with Gasteiger partial charge in [0, 0.05) is 17.2 Å². The molecule has 0 aromatic heterocycles. The third-order valence-corrected chi connectivity index (χ3v) is 3.36. The third-order valence-electron chi connectivity index (χ3n) is 3.36. The van der Waals surface area contributed by atoms with Crippen molar-refractivity contribution in [1.82, 2.24) is 0 Å². The molecule has 20 heavy (non-hydrogen) atoms. The van der Waals surface area contributed by atoms with Crippen molar-refractivity contribution in [2.45, 2.75) is 26.1 Å². The standard InChI is InChI=1S/C15H22N2O3/c1-11(3-2-8-16)14(18)17-13-6-4-12(5-7-13)15-19-9-10-20-15/h4-7,11,15H,2-3,8-10,16H2,1H3,(H,17,18). The number of hydrogen-bond donors (Lipinski definition) is 2. The molecule has 3 N–H and O–H groups in total. The fourth-order valence-electron chi connectivity index (χ4n) is 2.10. The van der Waals surface area contributed by atoms with E-state index in [1.807, 2.05) is 31.2 Å². The van der Waals surface area contributed by atoms with Gasteiger partial charge in [0.15, 0.2) is 6.29 Å². The Hall–Kier alpha value is -1.43. The molecule has 1 saturated heterocycles. The minimum atomic E-state index is -0.275. The topological polar surface area (TPSA) is 73.6 Å². The molecule has 5 nitrogen and oxygen atoms in total. The zero-order valence-corrected chi connectivity index (χ0v) is 11.8. The smallest absolute Gasteiger partial charge is 0.227 e. The van der Waals surface area contributed by atoms with E-state index >= 15 is 0 Å². The number of amides is 1. The Bertz CT molecular complexity index is 427. The van der Waals surface area contributed by atoms with E-state index in [1.165, 1.54) is 0 Å². The number of hydrogen-bond acceptors (Lipinski definition) is 4. The van der Waals surface area contributed by atoms with Crippen LogP contribution in [0, 0.1) is 5.92 Å². The Balaban J connectivity index is 1.88. The number of carbonyl (C=O) groups is 1. The van der Waals surface area contributed by atoms with Crippen LogP contribution in [0.5, 0.6) is 0 Å². The molecule has 1 aliphatic heterocycles. The van der Waals surface area contributed by atoms with Gasteiger partial charge in [0.1, 0.15) is 0 Å². The summed E-state index contributed by atoms with van der Waals surface area (Å²) in [6.07, 6.45) is 1.40. The number of anilines is 1. The highest BCUT2D eigenvalue weighted by Gasteiger charge is 2.18. The van der Waals surface area contributed by atoms with Crippen LogP contribution < -0.4 is 11.1 Å². The lowest BCUT2D eigenvalue weighted by Crippen LogP contribution is -2.21. The molecule has 1 aliphatic rings. The number of ether oxygens (including phenoxy) is 2. The molecule has 110 valence electrons. The van der Waals surface area contributed by atoms with E-state index < -0.39 is 0 Å². The number of rotatable bonds is 6. The summed E-state index contributed by atoms with van der Waals surface area (Å²) in [6, 6.07) is 7.56. The van der Waals surface area contributed by atoms with E-state index in [-0.39, 0.29) is 18.1 Å². The summed E-state index contributed by atoms with van der Waals surface area (Å²) < 4.78 is 10.8. The number of nitrogens with one attached hydrogen (secondary N) is 1. The van der Waals surface area contributed by atoms with Gasteiger partial charge >= 0.3 is 0 Å². The van der Waals surface area contributed by atoms with Gasteiger partial charge in [-0.15, -0.1) is 0 Å². The molecule has 1 amide bonds. The Morgan fingerprint density at radius 3 is 2.60 bits per heavy atom. The van der Waals surface area contributed by atoms with Crippen LogP contribution in [-0.4, -0.2) is 25.7 Å². The highest BCUT2D eigenvalue weighted by molar-refractivity contribution is 5.92. The highest BCUT2D eigenvalue weighted by Crippen LogP contribution is 2.24. The summed E-state index contributed by atoms with van der Waals surface area (Å²) in [5.41, 5.74) is 7.21. The molecule has 0 saturated carbocycles. The van der Waals surface area contributed by atoms with Crippen molar-refractivity contribution in [3.05, 3.63) is 29.8 Å². The average molecular weight is 278 g/mol. The molecule has 0 aliphatic carbocycles. The summed E-state index contributed by atoms with van der Waals surface area (Å²) >= 11 is 0. The normalized spacial score (nSPS) is 17.1. The van der Waals surface area contributed by atoms with Crippen LogP contribution in [0.2, 0.25) is 0 Å². The largest absolute Gasteiger partial charge is 0.346 e. The van der Waals surface area contributed by atoms with Gasteiger partial charge in [-0.3, -0.25) is 4.79 Å². The lowest BCUT2D eigenvalue weighted by Gasteiger charge is -2.13. The molecule has 1 aromatic rings. The SMILES string of the molecule is CC(CCCN)C(=O)Nc1ccc(C2OCCO2)cc1. The Labute approximate surface area is 119 Å². The molecule has 0 radical (unpaired) electrons. The molecular weight excluding hydrogens is 256 g/mol. The zero-order valence-electron chi connectivity index (χ0n) is 11.8. The molecular formula is C15H22N2O3. The van der Waals surface area contributed by atoms with E-state index in [2.05, 4.69) is 5.32 Å². The van der Waals surface area contributed by atoms with E-state index in [9.17, 15) is 4.79 Å². The first kappa shape index (κ1) is 15.0. The van der Waals surface area contributed by atoms with E-state index in [4.69, 9.17) is 15.2 Å². The van der Waals surface area contributed by atoms with E-state index in [1.54, 1.807) is 0 Å². The maximum Gasteiger partial charge on any atom is 0.227 e. The van der Waals surface area contributed by atoms with Crippen molar-refractivity contribution < 1.29 is 14.3 Å². The van der Waals surface area contributed by atoms with Crippen LogP contribution in [0.4, 0.5) is 5.69 Å². The van der Waals surface area contributed by atoms with E-state index in [0.717, 1.165) is 24.1 Å². The lowest BCUT2D eigenvalue weighted by molar-refractivity contribution is -0.119. The van der Waals surface area contributed by atoms with Gasteiger partial charge in [-0.1, -0.05) is 19.1 Å². The van der Waals surface area contributed by atoms with Crippen LogP contribution in [0.3, 0.4) is 0 Å². The predicted octanol–water partition coefficient (Wildman–Crippen LogP) is 2.05. The second-order valence-electron chi connectivity index (χ2n) is 5.02. The van der Waals surface area contributed by atoms with Crippen molar-refractivity contribution >= 4 is 11.6 Å². The summed E-state index contributed by atoms with van der Waals surface area (Å²) in [5, 5.41) is 2.91. The van der Waals surface area contributed by atoms with Gasteiger partial charge in [-0.2, -0.15) is 0 Å². The van der Waals surface area contributed by atoms with Crippen LogP contribution >= 0.6 is 0 Å². The molecule has 1 fully saturated rings. The van der Waals surface area contributed by atoms with Crippen LogP contribution in [-0.2, 0) is 14.3 Å². The maximum atomic E-state index is 12.0. The van der Waals surface area contributed by atoms with Crippen LogP contribution in [0.1, 0.15) is 31.6 Å². The lowest BCUT2D eigenvalue weighted by atomic mass is 10.0. The quantitative estimate of drug-likeness (QED) is 0.835. The summed E-state index contributed by atoms with van der Waals surface area (Å²) in [5.74, 6) is -0.000656. The van der Waals surface area contributed by atoms with Crippen molar-refractivity contribution in [3.63, 3.8) is 0 Å². The van der Waals surface area contributed by atoms with Gasteiger partial charge < -0.3 is 20.5 Å². The first-order chi connectivity index (χ1) is 9.70. The third kappa shape index (κ3) is 4.03. The highest BCUT2D eigenvalue weighted by atomic mass is 16.7. The molecule has 5 heteroatoms. The zero-order chi connectivity index (χ0) is 14.4. The monoisotopic (exact) mass is 278 g/mol. The Morgan fingerprint density at radius 2 is 2.00 bits per heavy atom. The second-order valence-corrected chi connectivity index (χ2v) is 5.02. The van der Waals surface area contributed by atoms with Gasteiger partial charge in [0.2, 0.25) is 5.91 Å². The minimum Gasteiger partial charge on any atom is -0.346 e. The molecule has 1 heterocycles. The van der Waals surface area contributed by atoms with Gasteiger partial charge in [-0.25, -0.2) is 0 Å². The van der Waals surface area contributed by atoms with Crippen molar-refractivity contribution in [2.24, 2.45) is 11.7 Å². The molecule has 0 spiro atoms. The first-order valence-electron chi connectivity index (χ1n) is 7.05. The Morgan fingerprint density at radius 1 is 1.35 bits per heavy atom. The molecule has 1 atom stereocenters. The molecule has 1 unspecified atom stereocenters. The van der Waals surface area contributed by atoms with Crippen LogP contribution in [0.15, 0.2) is 24.3 Å². The van der Waals surface area contributed by atoms with Crippen molar-refractivity contribution in [1.29, 1.82) is 0 Å². The molecule has 0 bridgehead atoms. The van der Waals surface area contributed by atoms with Gasteiger partial charge in [-0.05, 0) is 31.5 Å². The fraction of sp³-hybridized carbons (Fsp3) is 0.533. The molecule has 1 aromatic carbocycles. The number of nitrogens with two attached hydrogens (primary N) is 1. The van der Waals surface area contributed by atoms with E-state index in [0.29, 0.717) is 19.8 Å². The van der Waals surface area contributed by atoms with Gasteiger partial charge in [0.25, 0.3) is 0 Å².